The first-order valence-corrected chi connectivity index (χ1v) is 8.20. The number of nitrogens with zero attached hydrogens (tertiary/aromatic N) is 1. The fourth-order valence-electron chi connectivity index (χ4n) is 3.37. The molecule has 1 saturated heterocycles. The molecule has 1 aromatic carbocycles. The lowest BCUT2D eigenvalue weighted by atomic mass is 9.98. The minimum atomic E-state index is -0.201. The number of aliphatic hydroxyl groups excluding tert-OH is 1. The third-order valence-electron chi connectivity index (χ3n) is 4.58. The van der Waals surface area contributed by atoms with Crippen LogP contribution in [0.25, 0.3) is 10.9 Å². The van der Waals surface area contributed by atoms with Crippen LogP contribution < -0.4 is 5.56 Å². The molecule has 1 amide bonds. The number of amides is 1. The number of aliphatic hydroxyl groups is 1. The minimum absolute atomic E-state index is 0.0241. The van der Waals surface area contributed by atoms with Gasteiger partial charge >= 0.3 is 0 Å². The van der Waals surface area contributed by atoms with Crippen LogP contribution in [0, 0.1) is 0 Å². The van der Waals surface area contributed by atoms with E-state index in [1.165, 1.54) is 0 Å². The third-order valence-corrected chi connectivity index (χ3v) is 4.58. The summed E-state index contributed by atoms with van der Waals surface area (Å²) in [4.78, 5) is 29.5. The molecule has 0 bridgehead atoms. The van der Waals surface area contributed by atoms with E-state index < -0.39 is 0 Å². The van der Waals surface area contributed by atoms with Gasteiger partial charge in [-0.1, -0.05) is 18.2 Å². The van der Waals surface area contributed by atoms with Crippen molar-refractivity contribution in [3.8, 4) is 0 Å². The fourth-order valence-corrected chi connectivity index (χ4v) is 3.37. The SMILES string of the molecule is O=C(Cc1cc2ccccc2[nH]c1=O)N1CCCCC1CCO. The Morgan fingerprint density at radius 2 is 2.13 bits per heavy atom. The van der Waals surface area contributed by atoms with Crippen LogP contribution in [-0.2, 0) is 11.2 Å². The van der Waals surface area contributed by atoms with E-state index in [2.05, 4.69) is 4.98 Å². The second kappa shape index (κ2) is 6.96. The van der Waals surface area contributed by atoms with Crippen molar-refractivity contribution >= 4 is 16.8 Å². The number of carbonyl (C=O) groups excluding carboxylic acids is 1. The Kier molecular flexibility index (Phi) is 4.76. The summed E-state index contributed by atoms with van der Waals surface area (Å²) in [5.74, 6) is -0.0241. The van der Waals surface area contributed by atoms with Gasteiger partial charge in [0.05, 0.1) is 6.42 Å². The van der Waals surface area contributed by atoms with Crippen LogP contribution in [0.4, 0.5) is 0 Å². The van der Waals surface area contributed by atoms with Gasteiger partial charge in [-0.05, 0) is 43.2 Å². The van der Waals surface area contributed by atoms with Crippen LogP contribution >= 0.6 is 0 Å². The van der Waals surface area contributed by atoms with Crippen molar-refractivity contribution in [2.75, 3.05) is 13.2 Å². The van der Waals surface area contributed by atoms with E-state index in [-0.39, 0.29) is 30.5 Å². The maximum Gasteiger partial charge on any atom is 0.252 e. The van der Waals surface area contributed by atoms with E-state index >= 15 is 0 Å². The molecular weight excluding hydrogens is 292 g/mol. The van der Waals surface area contributed by atoms with Crippen molar-refractivity contribution in [2.45, 2.75) is 38.1 Å². The Bertz CT molecular complexity index is 751. The number of piperidine rings is 1. The smallest absolute Gasteiger partial charge is 0.252 e. The molecule has 2 aromatic rings. The summed E-state index contributed by atoms with van der Waals surface area (Å²) in [6, 6.07) is 9.46. The van der Waals surface area contributed by atoms with Gasteiger partial charge in [0.25, 0.3) is 5.56 Å². The second-order valence-corrected chi connectivity index (χ2v) is 6.14. The molecule has 0 radical (unpaired) electrons. The molecule has 1 atom stereocenters. The lowest BCUT2D eigenvalue weighted by molar-refractivity contribution is -0.134. The predicted octanol–water partition coefficient (Wildman–Crippen LogP) is 1.83. The van der Waals surface area contributed by atoms with Crippen molar-refractivity contribution < 1.29 is 9.90 Å². The number of likely N-dealkylation sites (tertiary alicyclic amines) is 1. The van der Waals surface area contributed by atoms with Gasteiger partial charge in [0.1, 0.15) is 0 Å². The Labute approximate surface area is 134 Å². The summed E-state index contributed by atoms with van der Waals surface area (Å²) in [7, 11) is 0. The molecule has 1 aliphatic rings. The molecular formula is C18H22N2O3. The molecule has 2 N–H and O–H groups in total. The number of nitrogens with one attached hydrogen (secondary N) is 1. The molecule has 122 valence electrons. The summed E-state index contributed by atoms with van der Waals surface area (Å²) in [6.07, 6.45) is 3.73. The monoisotopic (exact) mass is 314 g/mol. The van der Waals surface area contributed by atoms with Gasteiger partial charge in [-0.2, -0.15) is 0 Å². The van der Waals surface area contributed by atoms with Gasteiger partial charge in [-0.15, -0.1) is 0 Å². The van der Waals surface area contributed by atoms with Crippen molar-refractivity contribution in [3.63, 3.8) is 0 Å². The molecule has 3 rings (SSSR count). The summed E-state index contributed by atoms with van der Waals surface area (Å²) in [6.45, 7) is 0.806. The molecule has 23 heavy (non-hydrogen) atoms. The maximum absolute atomic E-state index is 12.6. The first kappa shape index (κ1) is 15.7. The van der Waals surface area contributed by atoms with Crippen molar-refractivity contribution in [3.05, 3.63) is 46.2 Å². The van der Waals surface area contributed by atoms with Gasteiger partial charge in [-0.3, -0.25) is 9.59 Å². The Morgan fingerprint density at radius 3 is 2.96 bits per heavy atom. The topological polar surface area (TPSA) is 73.4 Å². The molecule has 5 heteroatoms. The van der Waals surface area contributed by atoms with Crippen LogP contribution in [0.3, 0.4) is 0 Å². The van der Waals surface area contributed by atoms with Gasteiger partial charge in [-0.25, -0.2) is 0 Å². The third kappa shape index (κ3) is 3.45. The molecule has 1 unspecified atom stereocenters. The summed E-state index contributed by atoms with van der Waals surface area (Å²) in [5.41, 5.74) is 1.08. The number of aromatic nitrogens is 1. The number of carbonyl (C=O) groups is 1. The minimum Gasteiger partial charge on any atom is -0.396 e. The molecule has 1 aliphatic heterocycles. The summed E-state index contributed by atoms with van der Waals surface area (Å²) < 4.78 is 0. The molecule has 5 nitrogen and oxygen atoms in total. The molecule has 0 aliphatic carbocycles. The Hall–Kier alpha value is -2.14. The number of rotatable bonds is 4. The standard InChI is InChI=1S/C18H22N2O3/c21-10-8-15-6-3-4-9-20(15)17(22)12-14-11-13-5-1-2-7-16(13)19-18(14)23/h1-2,5,7,11,15,21H,3-4,6,8-10,12H2,(H,19,23). The number of para-hydroxylation sites is 1. The lowest BCUT2D eigenvalue weighted by Crippen LogP contribution is -2.45. The van der Waals surface area contributed by atoms with Gasteiger partial charge in [0.15, 0.2) is 0 Å². The summed E-state index contributed by atoms with van der Waals surface area (Å²) >= 11 is 0. The van der Waals surface area contributed by atoms with E-state index in [0.717, 1.165) is 36.7 Å². The van der Waals surface area contributed by atoms with Crippen LogP contribution in [0.5, 0.6) is 0 Å². The first-order chi connectivity index (χ1) is 11.2. The number of aromatic amines is 1. The van der Waals surface area contributed by atoms with Crippen molar-refractivity contribution in [1.82, 2.24) is 9.88 Å². The Morgan fingerprint density at radius 1 is 1.30 bits per heavy atom. The lowest BCUT2D eigenvalue weighted by Gasteiger charge is -2.35. The highest BCUT2D eigenvalue weighted by Crippen LogP contribution is 2.20. The highest BCUT2D eigenvalue weighted by atomic mass is 16.3. The zero-order valence-corrected chi connectivity index (χ0v) is 13.1. The zero-order valence-electron chi connectivity index (χ0n) is 13.1. The van der Waals surface area contributed by atoms with Crippen molar-refractivity contribution in [1.29, 1.82) is 0 Å². The number of pyridine rings is 1. The van der Waals surface area contributed by atoms with E-state index in [1.807, 2.05) is 29.2 Å². The van der Waals surface area contributed by atoms with Gasteiger partial charge in [0, 0.05) is 30.3 Å². The van der Waals surface area contributed by atoms with Crippen LogP contribution in [-0.4, -0.2) is 40.1 Å². The highest BCUT2D eigenvalue weighted by molar-refractivity contribution is 5.82. The Balaban J connectivity index is 1.81. The van der Waals surface area contributed by atoms with E-state index in [0.29, 0.717) is 12.0 Å². The number of hydrogen-bond acceptors (Lipinski definition) is 3. The van der Waals surface area contributed by atoms with E-state index in [9.17, 15) is 14.7 Å². The fraction of sp³-hybridized carbons (Fsp3) is 0.444. The molecule has 0 spiro atoms. The van der Waals surface area contributed by atoms with Crippen LogP contribution in [0.15, 0.2) is 35.1 Å². The number of hydrogen-bond donors (Lipinski definition) is 2. The zero-order chi connectivity index (χ0) is 16.2. The number of fused-ring (bicyclic) bond motifs is 1. The molecule has 1 aromatic heterocycles. The average molecular weight is 314 g/mol. The average Bonchev–Trinajstić information content (AvgIpc) is 2.56. The van der Waals surface area contributed by atoms with Gasteiger partial charge < -0.3 is 15.0 Å². The second-order valence-electron chi connectivity index (χ2n) is 6.14. The number of benzene rings is 1. The van der Waals surface area contributed by atoms with E-state index in [4.69, 9.17) is 0 Å². The maximum atomic E-state index is 12.6. The van der Waals surface area contributed by atoms with Crippen molar-refractivity contribution in [2.24, 2.45) is 0 Å². The molecule has 2 heterocycles. The summed E-state index contributed by atoms with van der Waals surface area (Å²) in [5, 5.41) is 10.1. The highest BCUT2D eigenvalue weighted by Gasteiger charge is 2.26. The molecule has 1 fully saturated rings. The number of H-pyrrole nitrogens is 1. The largest absolute Gasteiger partial charge is 0.396 e. The predicted molar refractivity (Wildman–Crippen MR) is 89.3 cm³/mol. The molecule has 0 saturated carbocycles. The van der Waals surface area contributed by atoms with Gasteiger partial charge in [0.2, 0.25) is 5.91 Å². The normalized spacial score (nSPS) is 18.3. The van der Waals surface area contributed by atoms with Crippen LogP contribution in [0.2, 0.25) is 0 Å². The quantitative estimate of drug-likeness (QED) is 0.904. The van der Waals surface area contributed by atoms with Crippen LogP contribution in [0.1, 0.15) is 31.2 Å². The van der Waals surface area contributed by atoms with E-state index in [1.54, 1.807) is 6.07 Å². The first-order valence-electron chi connectivity index (χ1n) is 8.20.